The normalized spacial score (nSPS) is 16.5. The van der Waals surface area contributed by atoms with Crippen LogP contribution < -0.4 is 0 Å². The van der Waals surface area contributed by atoms with Gasteiger partial charge < -0.3 is 9.67 Å². The highest BCUT2D eigenvalue weighted by molar-refractivity contribution is 7.99. The van der Waals surface area contributed by atoms with E-state index in [4.69, 9.17) is 5.11 Å². The lowest BCUT2D eigenvalue weighted by atomic mass is 10.1. The third kappa shape index (κ3) is 2.66. The standard InChI is InChI=1S/C14H20N4O2S/c1-4-9-11-12(17(3)16-9)18(8-14(2)5-6-14)13(15-11)21-7-10(19)20/h4-8H2,1-3H3,(H,19,20). The molecular formula is C14H20N4O2S. The minimum atomic E-state index is -0.815. The molecule has 1 fully saturated rings. The third-order valence-corrected chi connectivity index (χ3v) is 5.02. The highest BCUT2D eigenvalue weighted by atomic mass is 32.2. The predicted molar refractivity (Wildman–Crippen MR) is 81.6 cm³/mol. The Bertz CT molecular complexity index is 699. The van der Waals surface area contributed by atoms with E-state index in [0.29, 0.717) is 5.41 Å². The lowest BCUT2D eigenvalue weighted by Crippen LogP contribution is -2.12. The second-order valence-corrected chi connectivity index (χ2v) is 7.01. The van der Waals surface area contributed by atoms with Crippen LogP contribution in [0.3, 0.4) is 0 Å². The van der Waals surface area contributed by atoms with Crippen LogP contribution in [-0.4, -0.2) is 36.2 Å². The van der Waals surface area contributed by atoms with E-state index in [1.165, 1.54) is 24.6 Å². The monoisotopic (exact) mass is 308 g/mol. The highest BCUT2D eigenvalue weighted by Gasteiger charge is 2.39. The van der Waals surface area contributed by atoms with Crippen LogP contribution in [0.25, 0.3) is 11.2 Å². The van der Waals surface area contributed by atoms with Gasteiger partial charge in [0.2, 0.25) is 0 Å². The molecule has 2 heterocycles. The molecule has 0 spiro atoms. The van der Waals surface area contributed by atoms with Gasteiger partial charge in [0.1, 0.15) is 5.52 Å². The summed E-state index contributed by atoms with van der Waals surface area (Å²) in [6.07, 6.45) is 3.26. The Morgan fingerprint density at radius 2 is 2.19 bits per heavy atom. The number of thioether (sulfide) groups is 1. The average molecular weight is 308 g/mol. The molecular weight excluding hydrogens is 288 g/mol. The Morgan fingerprint density at radius 1 is 1.48 bits per heavy atom. The molecule has 2 aromatic heterocycles. The molecule has 0 aliphatic heterocycles. The summed E-state index contributed by atoms with van der Waals surface area (Å²) >= 11 is 1.29. The van der Waals surface area contributed by atoms with Crippen LogP contribution in [-0.2, 0) is 24.8 Å². The molecule has 7 heteroatoms. The van der Waals surface area contributed by atoms with E-state index in [9.17, 15) is 4.79 Å². The van der Waals surface area contributed by atoms with Crippen molar-refractivity contribution in [2.45, 2.75) is 44.8 Å². The first-order valence-electron chi connectivity index (χ1n) is 7.20. The molecule has 0 saturated heterocycles. The molecule has 3 rings (SSSR count). The summed E-state index contributed by atoms with van der Waals surface area (Å²) < 4.78 is 4.03. The van der Waals surface area contributed by atoms with Gasteiger partial charge >= 0.3 is 5.97 Å². The van der Waals surface area contributed by atoms with Gasteiger partial charge in [0.05, 0.1) is 11.4 Å². The van der Waals surface area contributed by atoms with Crippen LogP contribution >= 0.6 is 11.8 Å². The Balaban J connectivity index is 2.06. The number of carboxylic acids is 1. The van der Waals surface area contributed by atoms with Crippen LogP contribution in [0.4, 0.5) is 0 Å². The highest BCUT2D eigenvalue weighted by Crippen LogP contribution is 2.47. The zero-order valence-electron chi connectivity index (χ0n) is 12.6. The molecule has 1 saturated carbocycles. The van der Waals surface area contributed by atoms with Crippen LogP contribution in [0.2, 0.25) is 0 Å². The maximum absolute atomic E-state index is 10.8. The summed E-state index contributed by atoms with van der Waals surface area (Å²) in [7, 11) is 1.93. The van der Waals surface area contributed by atoms with Crippen LogP contribution in [0, 0.1) is 5.41 Å². The topological polar surface area (TPSA) is 72.9 Å². The lowest BCUT2D eigenvalue weighted by Gasteiger charge is -2.13. The van der Waals surface area contributed by atoms with Gasteiger partial charge in [-0.2, -0.15) is 5.10 Å². The Labute approximate surface area is 127 Å². The van der Waals surface area contributed by atoms with Gasteiger partial charge in [-0.15, -0.1) is 0 Å². The lowest BCUT2D eigenvalue weighted by molar-refractivity contribution is -0.133. The fourth-order valence-corrected chi connectivity index (χ4v) is 3.31. The summed E-state index contributed by atoms with van der Waals surface area (Å²) in [5.41, 5.74) is 3.22. The van der Waals surface area contributed by atoms with E-state index in [1.54, 1.807) is 0 Å². The van der Waals surface area contributed by atoms with Crippen LogP contribution in [0.5, 0.6) is 0 Å². The van der Waals surface area contributed by atoms with Crippen molar-refractivity contribution in [3.8, 4) is 0 Å². The molecule has 1 N–H and O–H groups in total. The number of hydrogen-bond donors (Lipinski definition) is 1. The first-order valence-corrected chi connectivity index (χ1v) is 8.19. The average Bonchev–Trinajstić information content (AvgIpc) is 2.92. The minimum Gasteiger partial charge on any atom is -0.481 e. The van der Waals surface area contributed by atoms with Crippen molar-refractivity contribution < 1.29 is 9.90 Å². The summed E-state index contributed by atoms with van der Waals surface area (Å²) in [5.74, 6) is -0.778. The molecule has 0 aromatic carbocycles. The Hall–Kier alpha value is -1.50. The molecule has 114 valence electrons. The second-order valence-electron chi connectivity index (χ2n) is 6.07. The van der Waals surface area contributed by atoms with E-state index in [2.05, 4.69) is 28.5 Å². The number of nitrogens with zero attached hydrogens (tertiary/aromatic N) is 4. The zero-order chi connectivity index (χ0) is 15.2. The molecule has 6 nitrogen and oxygen atoms in total. The van der Waals surface area contributed by atoms with E-state index >= 15 is 0 Å². The number of fused-ring (bicyclic) bond motifs is 1. The molecule has 1 aliphatic carbocycles. The van der Waals surface area contributed by atoms with Gasteiger partial charge in [-0.25, -0.2) is 4.98 Å². The van der Waals surface area contributed by atoms with Crippen molar-refractivity contribution in [3.05, 3.63) is 5.69 Å². The number of carboxylic acid groups (broad SMARTS) is 1. The molecule has 0 bridgehead atoms. The SMILES string of the molecule is CCc1nn(C)c2c1nc(SCC(=O)O)n2CC1(C)CC1. The van der Waals surface area contributed by atoms with E-state index in [1.807, 2.05) is 11.7 Å². The second kappa shape index (κ2) is 5.05. The number of rotatable bonds is 6. The van der Waals surface area contributed by atoms with Crippen molar-refractivity contribution in [3.63, 3.8) is 0 Å². The van der Waals surface area contributed by atoms with Crippen molar-refractivity contribution >= 4 is 28.9 Å². The number of aryl methyl sites for hydroxylation is 2. The van der Waals surface area contributed by atoms with Crippen molar-refractivity contribution in [2.75, 3.05) is 5.75 Å². The molecule has 0 amide bonds. The quantitative estimate of drug-likeness (QED) is 0.829. The van der Waals surface area contributed by atoms with Crippen LogP contribution in [0.15, 0.2) is 5.16 Å². The number of hydrogen-bond acceptors (Lipinski definition) is 4. The van der Waals surface area contributed by atoms with Crippen molar-refractivity contribution in [1.82, 2.24) is 19.3 Å². The fraction of sp³-hybridized carbons (Fsp3) is 0.643. The van der Waals surface area contributed by atoms with Gasteiger partial charge in [0.15, 0.2) is 10.8 Å². The van der Waals surface area contributed by atoms with Gasteiger partial charge in [-0.1, -0.05) is 25.6 Å². The third-order valence-electron chi connectivity index (χ3n) is 4.06. The molecule has 2 aromatic rings. The van der Waals surface area contributed by atoms with E-state index in [0.717, 1.165) is 35.0 Å². The van der Waals surface area contributed by atoms with Gasteiger partial charge in [-0.05, 0) is 24.7 Å². The summed E-state index contributed by atoms with van der Waals surface area (Å²) in [6.45, 7) is 5.21. The van der Waals surface area contributed by atoms with E-state index in [-0.39, 0.29) is 5.75 Å². The largest absolute Gasteiger partial charge is 0.481 e. The first-order chi connectivity index (χ1) is 9.93. The maximum atomic E-state index is 10.8. The van der Waals surface area contributed by atoms with Gasteiger partial charge in [0.25, 0.3) is 0 Å². The van der Waals surface area contributed by atoms with Crippen molar-refractivity contribution in [2.24, 2.45) is 12.5 Å². The van der Waals surface area contributed by atoms with Crippen LogP contribution in [0.1, 0.15) is 32.4 Å². The first kappa shape index (κ1) is 14.4. The predicted octanol–water partition coefficient (Wildman–Crippen LogP) is 2.31. The number of imidazole rings is 1. The molecule has 0 radical (unpaired) electrons. The van der Waals surface area contributed by atoms with Gasteiger partial charge in [-0.3, -0.25) is 9.48 Å². The Morgan fingerprint density at radius 3 is 2.76 bits per heavy atom. The molecule has 0 atom stereocenters. The maximum Gasteiger partial charge on any atom is 0.313 e. The van der Waals surface area contributed by atoms with Crippen molar-refractivity contribution in [1.29, 1.82) is 0 Å². The Kier molecular flexibility index (Phi) is 3.47. The van der Waals surface area contributed by atoms with E-state index < -0.39 is 5.97 Å². The molecule has 21 heavy (non-hydrogen) atoms. The number of aliphatic carboxylic acids is 1. The minimum absolute atomic E-state index is 0.0366. The molecule has 0 unspecified atom stereocenters. The fourth-order valence-electron chi connectivity index (χ4n) is 2.59. The summed E-state index contributed by atoms with van der Waals surface area (Å²) in [5, 5.41) is 14.2. The number of carbonyl (C=O) groups is 1. The van der Waals surface area contributed by atoms with Gasteiger partial charge in [0, 0.05) is 13.6 Å². The summed E-state index contributed by atoms with van der Waals surface area (Å²) in [4.78, 5) is 15.5. The molecule has 1 aliphatic rings. The smallest absolute Gasteiger partial charge is 0.313 e. The summed E-state index contributed by atoms with van der Waals surface area (Å²) in [6, 6.07) is 0. The number of aromatic nitrogens is 4. The zero-order valence-corrected chi connectivity index (χ0v) is 13.4.